The summed E-state index contributed by atoms with van der Waals surface area (Å²) >= 11 is 5.74. The van der Waals surface area contributed by atoms with E-state index in [1.54, 1.807) is 0 Å². The van der Waals surface area contributed by atoms with Gasteiger partial charge in [-0.15, -0.1) is 0 Å². The van der Waals surface area contributed by atoms with E-state index in [4.69, 9.17) is 21.1 Å². The topological polar surface area (TPSA) is 84.9 Å². The molecule has 2 saturated heterocycles. The van der Waals surface area contributed by atoms with Crippen molar-refractivity contribution in [3.63, 3.8) is 0 Å². The molecule has 1 unspecified atom stereocenters. The summed E-state index contributed by atoms with van der Waals surface area (Å²) in [5.41, 5.74) is 0. The van der Waals surface area contributed by atoms with E-state index in [2.05, 4.69) is 9.97 Å². The van der Waals surface area contributed by atoms with E-state index >= 15 is 0 Å². The molecule has 2 fully saturated rings. The maximum atomic E-state index is 12.7. The molecule has 1 aromatic rings. The monoisotopic (exact) mass is 362 g/mol. The Bertz CT molecular complexity index is 621. The summed E-state index contributed by atoms with van der Waals surface area (Å²) in [5, 5.41) is 0.428. The summed E-state index contributed by atoms with van der Waals surface area (Å²) in [6, 6.07) is 0.213. The number of nitrogens with zero attached hydrogens (tertiary/aromatic N) is 4. The van der Waals surface area contributed by atoms with Crippen LogP contribution in [0, 0.1) is 0 Å². The molecule has 0 aromatic carbocycles. The van der Waals surface area contributed by atoms with Crippen molar-refractivity contribution in [2.75, 3.05) is 39.4 Å². The summed E-state index contributed by atoms with van der Waals surface area (Å²) in [6.45, 7) is 2.46. The van der Waals surface area contributed by atoms with Crippen LogP contribution < -0.4 is 4.74 Å². The molecule has 2 aliphatic heterocycles. The molecule has 10 heteroatoms. The fourth-order valence-corrected chi connectivity index (χ4v) is 4.41. The zero-order chi connectivity index (χ0) is 16.3. The van der Waals surface area contributed by atoms with Crippen molar-refractivity contribution in [2.24, 2.45) is 0 Å². The van der Waals surface area contributed by atoms with Crippen molar-refractivity contribution in [1.29, 1.82) is 0 Å². The van der Waals surface area contributed by atoms with Crippen molar-refractivity contribution in [3.8, 4) is 6.01 Å². The van der Waals surface area contributed by atoms with Crippen LogP contribution in [-0.2, 0) is 14.9 Å². The Balaban J connectivity index is 1.64. The van der Waals surface area contributed by atoms with Crippen molar-refractivity contribution in [1.82, 2.24) is 18.6 Å². The van der Waals surface area contributed by atoms with Gasteiger partial charge in [-0.3, -0.25) is 0 Å². The van der Waals surface area contributed by atoms with Gasteiger partial charge in [-0.25, -0.2) is 9.97 Å². The Kier molecular flexibility index (Phi) is 5.32. The van der Waals surface area contributed by atoms with Crippen LogP contribution in [0.5, 0.6) is 6.01 Å². The van der Waals surface area contributed by atoms with Gasteiger partial charge in [0.15, 0.2) is 0 Å². The second-order valence-corrected chi connectivity index (χ2v) is 7.81. The molecular weight excluding hydrogens is 344 g/mol. The van der Waals surface area contributed by atoms with Gasteiger partial charge in [0.2, 0.25) is 0 Å². The Hall–Kier alpha value is -1.00. The molecular formula is C13H19ClN4O4S. The van der Waals surface area contributed by atoms with E-state index < -0.39 is 10.2 Å². The molecule has 2 aliphatic rings. The fourth-order valence-electron chi connectivity index (χ4n) is 2.66. The number of aromatic nitrogens is 2. The van der Waals surface area contributed by atoms with Gasteiger partial charge in [-0.05, 0) is 12.8 Å². The molecule has 0 radical (unpaired) electrons. The van der Waals surface area contributed by atoms with Gasteiger partial charge >= 0.3 is 6.01 Å². The number of hydrogen-bond donors (Lipinski definition) is 0. The molecule has 23 heavy (non-hydrogen) atoms. The molecule has 3 heterocycles. The minimum absolute atomic E-state index is 0.213. The maximum Gasteiger partial charge on any atom is 0.316 e. The second-order valence-electron chi connectivity index (χ2n) is 5.44. The quantitative estimate of drug-likeness (QED) is 0.777. The highest BCUT2D eigenvalue weighted by molar-refractivity contribution is 7.86. The molecule has 0 bridgehead atoms. The zero-order valence-electron chi connectivity index (χ0n) is 12.6. The van der Waals surface area contributed by atoms with Crippen LogP contribution in [-0.4, -0.2) is 72.5 Å². The van der Waals surface area contributed by atoms with Gasteiger partial charge in [0.1, 0.15) is 6.10 Å². The highest BCUT2D eigenvalue weighted by Crippen LogP contribution is 2.20. The number of morpholine rings is 1. The van der Waals surface area contributed by atoms with Crippen molar-refractivity contribution >= 4 is 21.8 Å². The molecule has 0 spiro atoms. The number of rotatable bonds is 4. The van der Waals surface area contributed by atoms with Gasteiger partial charge < -0.3 is 9.47 Å². The van der Waals surface area contributed by atoms with Crippen LogP contribution in [0.1, 0.15) is 12.8 Å². The van der Waals surface area contributed by atoms with Gasteiger partial charge in [-0.2, -0.15) is 17.0 Å². The fraction of sp³-hybridized carbons (Fsp3) is 0.692. The van der Waals surface area contributed by atoms with E-state index in [-0.39, 0.29) is 12.1 Å². The zero-order valence-corrected chi connectivity index (χ0v) is 14.2. The van der Waals surface area contributed by atoms with Crippen LogP contribution in [0.15, 0.2) is 12.4 Å². The average molecular weight is 363 g/mol. The highest BCUT2D eigenvalue weighted by atomic mass is 35.5. The second kappa shape index (κ2) is 7.27. The first-order chi connectivity index (χ1) is 11.1. The third-order valence-corrected chi connectivity index (χ3v) is 6.03. The first-order valence-electron chi connectivity index (χ1n) is 7.53. The summed E-state index contributed by atoms with van der Waals surface area (Å²) < 4.78 is 39.2. The van der Waals surface area contributed by atoms with Crippen LogP contribution >= 0.6 is 11.6 Å². The first kappa shape index (κ1) is 16.8. The van der Waals surface area contributed by atoms with E-state index in [0.717, 1.165) is 12.8 Å². The minimum Gasteiger partial charge on any atom is -0.459 e. The Morgan fingerprint density at radius 3 is 2.57 bits per heavy atom. The number of halogens is 1. The molecule has 0 saturated carbocycles. The maximum absolute atomic E-state index is 12.7. The van der Waals surface area contributed by atoms with Crippen LogP contribution in [0.3, 0.4) is 0 Å². The predicted molar refractivity (Wildman–Crippen MR) is 83.6 cm³/mol. The minimum atomic E-state index is -3.47. The number of hydrogen-bond acceptors (Lipinski definition) is 6. The number of ether oxygens (including phenoxy) is 2. The van der Waals surface area contributed by atoms with Crippen LogP contribution in [0.25, 0.3) is 0 Å². The Morgan fingerprint density at radius 1 is 1.17 bits per heavy atom. The van der Waals surface area contributed by atoms with E-state index in [1.165, 1.54) is 21.0 Å². The third kappa shape index (κ3) is 4.10. The van der Waals surface area contributed by atoms with Gasteiger partial charge in [-0.1, -0.05) is 11.6 Å². The van der Waals surface area contributed by atoms with Gasteiger partial charge in [0, 0.05) is 19.6 Å². The molecule has 0 aliphatic carbocycles. The molecule has 0 N–H and O–H groups in total. The predicted octanol–water partition coefficient (Wildman–Crippen LogP) is 0.550. The highest BCUT2D eigenvalue weighted by Gasteiger charge is 2.35. The lowest BCUT2D eigenvalue weighted by Crippen LogP contribution is -2.53. The third-order valence-electron chi connectivity index (χ3n) is 3.83. The van der Waals surface area contributed by atoms with E-state index in [1.807, 2.05) is 0 Å². The Morgan fingerprint density at radius 2 is 1.87 bits per heavy atom. The summed E-state index contributed by atoms with van der Waals surface area (Å²) in [7, 11) is -3.47. The molecule has 8 nitrogen and oxygen atoms in total. The smallest absolute Gasteiger partial charge is 0.316 e. The average Bonchev–Trinajstić information content (AvgIpc) is 2.58. The van der Waals surface area contributed by atoms with Gasteiger partial charge in [0.25, 0.3) is 10.2 Å². The van der Waals surface area contributed by atoms with Crippen LogP contribution in [0.4, 0.5) is 0 Å². The summed E-state index contributed by atoms with van der Waals surface area (Å²) in [4.78, 5) is 7.98. The molecule has 3 rings (SSSR count). The van der Waals surface area contributed by atoms with E-state index in [9.17, 15) is 8.42 Å². The number of piperidine rings is 1. The van der Waals surface area contributed by atoms with Crippen molar-refractivity contribution in [2.45, 2.75) is 18.9 Å². The molecule has 128 valence electrons. The molecule has 0 amide bonds. The van der Waals surface area contributed by atoms with Crippen molar-refractivity contribution < 1.29 is 17.9 Å². The molecule has 1 aromatic heterocycles. The SMILES string of the molecule is O=S(=O)(N1CCOCC1)N1CCCC(Oc2ncc(Cl)cn2)C1. The van der Waals surface area contributed by atoms with Crippen molar-refractivity contribution in [3.05, 3.63) is 17.4 Å². The lowest BCUT2D eigenvalue weighted by molar-refractivity contribution is 0.0660. The van der Waals surface area contributed by atoms with E-state index in [0.29, 0.717) is 44.4 Å². The summed E-state index contributed by atoms with van der Waals surface area (Å²) in [5.74, 6) is 0. The first-order valence-corrected chi connectivity index (χ1v) is 9.30. The normalized spacial score (nSPS) is 24.5. The lowest BCUT2D eigenvalue weighted by atomic mass is 10.1. The summed E-state index contributed by atoms with van der Waals surface area (Å²) in [6.07, 6.45) is 4.15. The lowest BCUT2D eigenvalue weighted by Gasteiger charge is -2.36. The molecule has 1 atom stereocenters. The standard InChI is InChI=1S/C13H19ClN4O4S/c14-11-8-15-13(16-9-11)22-12-2-1-3-18(10-12)23(19,20)17-4-6-21-7-5-17/h8-9,12H,1-7,10H2. The van der Waals surface area contributed by atoms with Gasteiger partial charge in [0.05, 0.1) is 37.2 Å². The Labute approximate surface area is 140 Å². The van der Waals surface area contributed by atoms with Crippen LogP contribution in [0.2, 0.25) is 5.02 Å². The largest absolute Gasteiger partial charge is 0.459 e.